The number of hydrogen-bond donors (Lipinski definition) is 2. The average molecular weight is 365 g/mol. The van der Waals surface area contributed by atoms with Gasteiger partial charge in [-0.1, -0.05) is 18.2 Å². The molecule has 0 radical (unpaired) electrons. The van der Waals surface area contributed by atoms with Crippen LogP contribution in [0, 0.1) is 0 Å². The van der Waals surface area contributed by atoms with Crippen LogP contribution in [-0.2, 0) is 9.59 Å². The van der Waals surface area contributed by atoms with Gasteiger partial charge in [-0.05, 0) is 49.0 Å². The van der Waals surface area contributed by atoms with Gasteiger partial charge in [-0.25, -0.2) is 4.79 Å². The Balaban J connectivity index is 2.00. The fraction of sp³-hybridized carbons (Fsp3) is 0.444. The highest BCUT2D eigenvalue weighted by Gasteiger charge is 2.41. The Kier molecular flexibility index (Phi) is 6.75. The van der Waals surface area contributed by atoms with Crippen LogP contribution in [0.15, 0.2) is 24.3 Å². The second-order valence-electron chi connectivity index (χ2n) is 5.75. The molecule has 0 bridgehead atoms. The van der Waals surface area contributed by atoms with Crippen molar-refractivity contribution in [3.63, 3.8) is 0 Å². The summed E-state index contributed by atoms with van der Waals surface area (Å²) in [6, 6.07) is 5.39. The molecule has 6 nitrogen and oxygen atoms in total. The first-order valence-electron chi connectivity index (χ1n) is 8.06. The molecule has 1 aromatic rings. The lowest BCUT2D eigenvalue weighted by atomic mass is 9.92. The first kappa shape index (κ1) is 19.2. The number of carboxylic acid groups (broad SMARTS) is 1. The SMILES string of the molecule is C/C=C/c1ccc(OCC(=O)NC2(C(=O)O)CCSCC2)c(OC)c1. The maximum absolute atomic E-state index is 12.2. The van der Waals surface area contributed by atoms with E-state index in [2.05, 4.69) is 5.32 Å². The lowest BCUT2D eigenvalue weighted by Gasteiger charge is -2.33. The highest BCUT2D eigenvalue weighted by molar-refractivity contribution is 7.99. The van der Waals surface area contributed by atoms with Crippen molar-refractivity contribution in [1.29, 1.82) is 0 Å². The topological polar surface area (TPSA) is 84.9 Å². The molecule has 1 aliphatic rings. The minimum Gasteiger partial charge on any atom is -0.493 e. The van der Waals surface area contributed by atoms with Crippen LogP contribution < -0.4 is 14.8 Å². The van der Waals surface area contributed by atoms with Crippen LogP contribution in [0.4, 0.5) is 0 Å². The number of nitrogens with one attached hydrogen (secondary N) is 1. The van der Waals surface area contributed by atoms with E-state index in [4.69, 9.17) is 9.47 Å². The molecule has 1 heterocycles. The van der Waals surface area contributed by atoms with Gasteiger partial charge in [-0.2, -0.15) is 11.8 Å². The van der Waals surface area contributed by atoms with Crippen molar-refractivity contribution in [2.45, 2.75) is 25.3 Å². The monoisotopic (exact) mass is 365 g/mol. The number of carbonyl (C=O) groups excluding carboxylic acids is 1. The van der Waals surface area contributed by atoms with Gasteiger partial charge in [0.15, 0.2) is 18.1 Å². The van der Waals surface area contributed by atoms with Gasteiger partial charge >= 0.3 is 5.97 Å². The normalized spacial score (nSPS) is 16.4. The van der Waals surface area contributed by atoms with E-state index >= 15 is 0 Å². The van der Waals surface area contributed by atoms with Crippen molar-refractivity contribution in [3.05, 3.63) is 29.8 Å². The zero-order valence-corrected chi connectivity index (χ0v) is 15.2. The molecular weight excluding hydrogens is 342 g/mol. The number of carboxylic acids is 1. The summed E-state index contributed by atoms with van der Waals surface area (Å²) in [6.45, 7) is 1.66. The summed E-state index contributed by atoms with van der Waals surface area (Å²) in [6.07, 6.45) is 4.67. The third-order valence-corrected chi connectivity index (χ3v) is 5.03. The van der Waals surface area contributed by atoms with E-state index in [-0.39, 0.29) is 6.61 Å². The van der Waals surface area contributed by atoms with Crippen molar-refractivity contribution in [3.8, 4) is 11.5 Å². The minimum absolute atomic E-state index is 0.262. The van der Waals surface area contributed by atoms with Gasteiger partial charge in [-0.3, -0.25) is 4.79 Å². The fourth-order valence-corrected chi connectivity index (χ4v) is 3.85. The Morgan fingerprint density at radius 1 is 1.32 bits per heavy atom. The van der Waals surface area contributed by atoms with Gasteiger partial charge in [0.2, 0.25) is 0 Å². The molecule has 0 aliphatic carbocycles. The van der Waals surface area contributed by atoms with E-state index in [1.54, 1.807) is 17.8 Å². The van der Waals surface area contributed by atoms with Crippen LogP contribution in [0.1, 0.15) is 25.3 Å². The largest absolute Gasteiger partial charge is 0.493 e. The predicted octanol–water partition coefficient (Wildman–Crippen LogP) is 2.57. The second-order valence-corrected chi connectivity index (χ2v) is 6.97. The number of benzene rings is 1. The van der Waals surface area contributed by atoms with Gasteiger partial charge in [0.25, 0.3) is 5.91 Å². The van der Waals surface area contributed by atoms with Crippen LogP contribution in [-0.4, -0.2) is 47.7 Å². The number of thioether (sulfide) groups is 1. The number of allylic oxidation sites excluding steroid dienone is 1. The van der Waals surface area contributed by atoms with Gasteiger partial charge in [-0.15, -0.1) is 0 Å². The number of hydrogen-bond acceptors (Lipinski definition) is 5. The molecule has 1 fully saturated rings. The molecule has 0 atom stereocenters. The molecule has 25 heavy (non-hydrogen) atoms. The van der Waals surface area contributed by atoms with Crippen molar-refractivity contribution in [1.82, 2.24) is 5.32 Å². The van der Waals surface area contributed by atoms with E-state index < -0.39 is 17.4 Å². The third-order valence-electron chi connectivity index (χ3n) is 4.04. The minimum atomic E-state index is -1.19. The Morgan fingerprint density at radius 2 is 2.04 bits per heavy atom. The molecule has 1 amide bonds. The summed E-state index contributed by atoms with van der Waals surface area (Å²) in [7, 11) is 1.53. The van der Waals surface area contributed by atoms with Crippen molar-refractivity contribution in [2.24, 2.45) is 0 Å². The zero-order valence-electron chi connectivity index (χ0n) is 14.4. The van der Waals surface area contributed by atoms with Gasteiger partial charge in [0, 0.05) is 0 Å². The van der Waals surface area contributed by atoms with Crippen molar-refractivity contribution >= 4 is 29.7 Å². The van der Waals surface area contributed by atoms with E-state index in [1.165, 1.54) is 7.11 Å². The highest BCUT2D eigenvalue weighted by atomic mass is 32.2. The molecule has 0 saturated carbocycles. The molecule has 7 heteroatoms. The number of carbonyl (C=O) groups is 2. The van der Waals surface area contributed by atoms with E-state index in [1.807, 2.05) is 31.2 Å². The summed E-state index contributed by atoms with van der Waals surface area (Å²) in [5.41, 5.74) is -0.230. The van der Waals surface area contributed by atoms with E-state index in [0.29, 0.717) is 35.8 Å². The quantitative estimate of drug-likeness (QED) is 0.773. The molecule has 1 saturated heterocycles. The highest BCUT2D eigenvalue weighted by Crippen LogP contribution is 2.29. The first-order valence-corrected chi connectivity index (χ1v) is 9.22. The van der Waals surface area contributed by atoms with Crippen LogP contribution in [0.2, 0.25) is 0 Å². The van der Waals surface area contributed by atoms with Crippen molar-refractivity contribution in [2.75, 3.05) is 25.2 Å². The molecule has 0 spiro atoms. The van der Waals surface area contributed by atoms with Gasteiger partial charge in [0.05, 0.1) is 7.11 Å². The summed E-state index contributed by atoms with van der Waals surface area (Å²) < 4.78 is 10.8. The lowest BCUT2D eigenvalue weighted by molar-refractivity contribution is -0.148. The molecule has 2 N–H and O–H groups in total. The third kappa shape index (κ3) is 4.92. The summed E-state index contributed by atoms with van der Waals surface area (Å²) in [5.74, 6) is 0.949. The molecule has 136 valence electrons. The zero-order chi connectivity index (χ0) is 18.3. The maximum Gasteiger partial charge on any atom is 0.329 e. The lowest BCUT2D eigenvalue weighted by Crippen LogP contribution is -2.57. The predicted molar refractivity (Wildman–Crippen MR) is 98.3 cm³/mol. The summed E-state index contributed by atoms with van der Waals surface area (Å²) >= 11 is 1.69. The fourth-order valence-electron chi connectivity index (χ4n) is 2.66. The number of amides is 1. The second kappa shape index (κ2) is 8.80. The molecule has 0 unspecified atom stereocenters. The van der Waals surface area contributed by atoms with E-state index in [0.717, 1.165) is 5.56 Å². The van der Waals surface area contributed by atoms with Crippen LogP contribution in [0.25, 0.3) is 6.08 Å². The summed E-state index contributed by atoms with van der Waals surface area (Å²) in [5, 5.41) is 12.1. The van der Waals surface area contributed by atoms with Crippen LogP contribution in [0.5, 0.6) is 11.5 Å². The van der Waals surface area contributed by atoms with Gasteiger partial charge in [0.1, 0.15) is 5.54 Å². The first-order chi connectivity index (χ1) is 12.0. The Bertz CT molecular complexity index is 653. The molecule has 0 aromatic heterocycles. The molecule has 1 aliphatic heterocycles. The summed E-state index contributed by atoms with van der Waals surface area (Å²) in [4.78, 5) is 23.8. The standard InChI is InChI=1S/C18H23NO5S/c1-3-4-13-5-6-14(15(11-13)23-2)24-12-16(20)19-18(17(21)22)7-9-25-10-8-18/h3-6,11H,7-10,12H2,1-2H3,(H,19,20)(H,21,22)/b4-3+. The van der Waals surface area contributed by atoms with Crippen LogP contribution >= 0.6 is 11.8 Å². The number of aliphatic carboxylic acids is 1. The van der Waals surface area contributed by atoms with Crippen molar-refractivity contribution < 1.29 is 24.2 Å². The maximum atomic E-state index is 12.2. The smallest absolute Gasteiger partial charge is 0.329 e. The molecular formula is C18H23NO5S. The molecule has 1 aromatic carbocycles. The molecule has 2 rings (SSSR count). The Hall–Kier alpha value is -2.15. The average Bonchev–Trinajstić information content (AvgIpc) is 2.61. The Labute approximate surface area is 151 Å². The number of ether oxygens (including phenoxy) is 2. The van der Waals surface area contributed by atoms with E-state index in [9.17, 15) is 14.7 Å². The van der Waals surface area contributed by atoms with Crippen LogP contribution in [0.3, 0.4) is 0 Å². The Morgan fingerprint density at radius 3 is 2.64 bits per heavy atom. The number of methoxy groups -OCH3 is 1. The number of rotatable bonds is 7. The van der Waals surface area contributed by atoms with Gasteiger partial charge < -0.3 is 19.9 Å².